The number of hydrogen-bond donors (Lipinski definition) is 1. The van der Waals surface area contributed by atoms with E-state index in [0.717, 1.165) is 53.1 Å². The number of pyridine rings is 1. The highest BCUT2D eigenvalue weighted by Crippen LogP contribution is 2.35. The molecule has 6 nitrogen and oxygen atoms in total. The Kier molecular flexibility index (Phi) is 5.10. The molecule has 33 heavy (non-hydrogen) atoms. The first kappa shape index (κ1) is 20.8. The van der Waals surface area contributed by atoms with Crippen LogP contribution in [-0.4, -0.2) is 27.2 Å². The lowest BCUT2D eigenvalue weighted by Crippen LogP contribution is -2.31. The van der Waals surface area contributed by atoms with E-state index in [2.05, 4.69) is 53.6 Å². The zero-order chi connectivity index (χ0) is 23.1. The summed E-state index contributed by atoms with van der Waals surface area (Å²) >= 11 is 0. The van der Waals surface area contributed by atoms with Crippen molar-refractivity contribution in [3.05, 3.63) is 93.8 Å². The van der Waals surface area contributed by atoms with Crippen molar-refractivity contribution >= 4 is 22.7 Å². The minimum Gasteiger partial charge on any atom is -0.478 e. The standard InChI is InChI=1S/C27H24N4O2/c1-17-18(2)31(15-19-7-9-21(10-8-19)27(32)33)25-24(17)13-23(14-28)29-26(25)30-12-11-20-5-3-4-6-22(20)16-30/h3-10,13H,11-12,15-16H2,1-2H3,(H,32,33). The largest absolute Gasteiger partial charge is 0.478 e. The Hall–Kier alpha value is -4.11. The van der Waals surface area contributed by atoms with Crippen LogP contribution >= 0.6 is 0 Å². The molecule has 2 aromatic carbocycles. The molecule has 4 aromatic rings. The highest BCUT2D eigenvalue weighted by molar-refractivity contribution is 5.94. The molecule has 0 bridgehead atoms. The van der Waals surface area contributed by atoms with Crippen LogP contribution in [0, 0.1) is 25.2 Å². The summed E-state index contributed by atoms with van der Waals surface area (Å²) in [4.78, 5) is 18.3. The Bertz CT molecular complexity index is 1430. The number of nitrogens with zero attached hydrogens (tertiary/aromatic N) is 4. The van der Waals surface area contributed by atoms with Crippen molar-refractivity contribution in [3.63, 3.8) is 0 Å². The number of nitriles is 1. The van der Waals surface area contributed by atoms with Crippen LogP contribution in [0.15, 0.2) is 54.6 Å². The van der Waals surface area contributed by atoms with Gasteiger partial charge in [0, 0.05) is 30.7 Å². The van der Waals surface area contributed by atoms with Crippen molar-refractivity contribution < 1.29 is 9.90 Å². The molecule has 0 saturated heterocycles. The average Bonchev–Trinajstić information content (AvgIpc) is 3.08. The molecule has 0 atom stereocenters. The van der Waals surface area contributed by atoms with Crippen LogP contribution in [0.2, 0.25) is 0 Å². The van der Waals surface area contributed by atoms with Gasteiger partial charge in [0.2, 0.25) is 0 Å². The van der Waals surface area contributed by atoms with Crippen LogP contribution in [0.3, 0.4) is 0 Å². The summed E-state index contributed by atoms with van der Waals surface area (Å²) in [6, 6.07) is 19.6. The number of rotatable bonds is 4. The highest BCUT2D eigenvalue weighted by atomic mass is 16.4. The smallest absolute Gasteiger partial charge is 0.335 e. The lowest BCUT2D eigenvalue weighted by atomic mass is 10.00. The predicted molar refractivity (Wildman–Crippen MR) is 128 cm³/mol. The van der Waals surface area contributed by atoms with E-state index in [4.69, 9.17) is 4.98 Å². The maximum Gasteiger partial charge on any atom is 0.335 e. The van der Waals surface area contributed by atoms with Crippen molar-refractivity contribution in [2.24, 2.45) is 0 Å². The summed E-state index contributed by atoms with van der Waals surface area (Å²) in [5.41, 5.74) is 7.62. The van der Waals surface area contributed by atoms with Crippen LogP contribution in [-0.2, 0) is 19.5 Å². The van der Waals surface area contributed by atoms with Gasteiger partial charge in [-0.3, -0.25) is 0 Å². The molecular weight excluding hydrogens is 412 g/mol. The maximum atomic E-state index is 11.2. The number of anilines is 1. The van der Waals surface area contributed by atoms with Crippen LogP contribution in [0.5, 0.6) is 0 Å². The van der Waals surface area contributed by atoms with Gasteiger partial charge in [-0.2, -0.15) is 5.26 Å². The second-order valence-corrected chi connectivity index (χ2v) is 8.58. The van der Waals surface area contributed by atoms with E-state index in [1.807, 2.05) is 18.2 Å². The molecule has 1 aliphatic heterocycles. The van der Waals surface area contributed by atoms with Crippen molar-refractivity contribution in [1.29, 1.82) is 5.26 Å². The van der Waals surface area contributed by atoms with Gasteiger partial charge in [0.1, 0.15) is 11.8 Å². The summed E-state index contributed by atoms with van der Waals surface area (Å²) in [5, 5.41) is 19.9. The van der Waals surface area contributed by atoms with Crippen LogP contribution in [0.25, 0.3) is 10.9 Å². The van der Waals surface area contributed by atoms with E-state index in [9.17, 15) is 15.2 Å². The van der Waals surface area contributed by atoms with Crippen molar-refractivity contribution in [3.8, 4) is 6.07 Å². The van der Waals surface area contributed by atoms with Gasteiger partial charge < -0.3 is 14.6 Å². The number of aromatic carboxylic acids is 1. The lowest BCUT2D eigenvalue weighted by Gasteiger charge is -2.30. The Morgan fingerprint density at radius 2 is 1.85 bits per heavy atom. The first-order chi connectivity index (χ1) is 16.0. The zero-order valence-corrected chi connectivity index (χ0v) is 18.7. The third-order valence-corrected chi connectivity index (χ3v) is 6.68. The van der Waals surface area contributed by atoms with E-state index in [-0.39, 0.29) is 5.56 Å². The molecule has 2 aromatic heterocycles. The van der Waals surface area contributed by atoms with Gasteiger partial charge in [-0.05, 0) is 60.7 Å². The van der Waals surface area contributed by atoms with Gasteiger partial charge in [0.05, 0.1) is 11.1 Å². The predicted octanol–water partition coefficient (Wildman–Crippen LogP) is 4.83. The SMILES string of the molecule is Cc1c(C)n(Cc2ccc(C(=O)O)cc2)c2c(N3CCc4ccccc4C3)nc(C#N)cc12. The van der Waals surface area contributed by atoms with Gasteiger partial charge in [-0.25, -0.2) is 9.78 Å². The Labute approximate surface area is 192 Å². The molecule has 1 N–H and O–H groups in total. The normalized spacial score (nSPS) is 13.1. The molecule has 5 rings (SSSR count). The molecule has 0 radical (unpaired) electrons. The quantitative estimate of drug-likeness (QED) is 0.495. The number of hydrogen-bond acceptors (Lipinski definition) is 4. The number of carboxylic acids is 1. The highest BCUT2D eigenvalue weighted by Gasteiger charge is 2.24. The average molecular weight is 437 g/mol. The van der Waals surface area contributed by atoms with Gasteiger partial charge in [0.25, 0.3) is 0 Å². The molecule has 1 aliphatic rings. The minimum atomic E-state index is -0.930. The lowest BCUT2D eigenvalue weighted by molar-refractivity contribution is 0.0697. The molecule has 6 heteroatoms. The number of fused-ring (bicyclic) bond motifs is 2. The Morgan fingerprint density at radius 1 is 1.12 bits per heavy atom. The summed E-state index contributed by atoms with van der Waals surface area (Å²) < 4.78 is 2.24. The number of carbonyl (C=O) groups is 1. The summed E-state index contributed by atoms with van der Waals surface area (Å²) in [6.07, 6.45) is 0.936. The van der Waals surface area contributed by atoms with E-state index in [1.54, 1.807) is 12.1 Å². The van der Waals surface area contributed by atoms with E-state index < -0.39 is 5.97 Å². The molecule has 3 heterocycles. The van der Waals surface area contributed by atoms with E-state index in [1.165, 1.54) is 11.1 Å². The fraction of sp³-hybridized carbons (Fsp3) is 0.222. The third-order valence-electron chi connectivity index (χ3n) is 6.68. The first-order valence-corrected chi connectivity index (χ1v) is 11.0. The zero-order valence-electron chi connectivity index (χ0n) is 18.7. The van der Waals surface area contributed by atoms with E-state index in [0.29, 0.717) is 12.2 Å². The molecule has 0 fully saturated rings. The first-order valence-electron chi connectivity index (χ1n) is 11.0. The molecule has 0 saturated carbocycles. The van der Waals surface area contributed by atoms with Gasteiger partial charge >= 0.3 is 5.97 Å². The summed E-state index contributed by atoms with van der Waals surface area (Å²) in [6.45, 7) is 6.36. The van der Waals surface area contributed by atoms with Crippen molar-refractivity contribution in [2.75, 3.05) is 11.4 Å². The van der Waals surface area contributed by atoms with Gasteiger partial charge in [0.15, 0.2) is 5.82 Å². The molecule has 0 amide bonds. The summed E-state index contributed by atoms with van der Waals surface area (Å²) in [5.74, 6) is -0.0993. The minimum absolute atomic E-state index is 0.275. The second kappa shape index (κ2) is 8.10. The van der Waals surface area contributed by atoms with E-state index >= 15 is 0 Å². The molecule has 0 unspecified atom stereocenters. The molecule has 0 spiro atoms. The third kappa shape index (κ3) is 3.62. The van der Waals surface area contributed by atoms with Crippen molar-refractivity contribution in [2.45, 2.75) is 33.4 Å². The van der Waals surface area contributed by atoms with Gasteiger partial charge in [-0.1, -0.05) is 36.4 Å². The monoisotopic (exact) mass is 436 g/mol. The summed E-state index contributed by atoms with van der Waals surface area (Å²) in [7, 11) is 0. The second-order valence-electron chi connectivity index (χ2n) is 8.58. The fourth-order valence-electron chi connectivity index (χ4n) is 4.73. The van der Waals surface area contributed by atoms with Crippen molar-refractivity contribution in [1.82, 2.24) is 9.55 Å². The Balaban J connectivity index is 1.64. The number of aryl methyl sites for hydroxylation is 1. The Morgan fingerprint density at radius 3 is 2.55 bits per heavy atom. The molecular formula is C27H24N4O2. The molecule has 164 valence electrons. The van der Waals surface area contributed by atoms with Crippen LogP contribution in [0.4, 0.5) is 5.82 Å². The topological polar surface area (TPSA) is 82.2 Å². The van der Waals surface area contributed by atoms with Crippen LogP contribution < -0.4 is 4.90 Å². The number of aromatic nitrogens is 2. The molecule has 0 aliphatic carbocycles. The fourth-order valence-corrected chi connectivity index (χ4v) is 4.73. The number of carboxylic acid groups (broad SMARTS) is 1. The van der Waals surface area contributed by atoms with Crippen LogP contribution in [0.1, 0.15) is 44.0 Å². The van der Waals surface area contributed by atoms with Gasteiger partial charge in [-0.15, -0.1) is 0 Å². The maximum absolute atomic E-state index is 11.2. The number of benzene rings is 2.